The van der Waals surface area contributed by atoms with Gasteiger partial charge in [0.25, 0.3) is 0 Å². The molecule has 2 unspecified atom stereocenters. The highest BCUT2D eigenvalue weighted by atomic mass is 19.4. The second-order valence-electron chi connectivity index (χ2n) is 10.3. The molecule has 3 aromatic rings. The van der Waals surface area contributed by atoms with Crippen molar-refractivity contribution in [3.05, 3.63) is 59.5 Å². The van der Waals surface area contributed by atoms with Crippen molar-refractivity contribution >= 4 is 17.8 Å². The zero-order valence-corrected chi connectivity index (χ0v) is 23.1. The molecule has 13 heteroatoms. The van der Waals surface area contributed by atoms with Crippen LogP contribution in [0.1, 0.15) is 66.6 Å². The van der Waals surface area contributed by atoms with Gasteiger partial charge in [-0.05, 0) is 56.4 Å². The Morgan fingerprint density at radius 3 is 2.52 bits per heavy atom. The number of urea groups is 1. The summed E-state index contributed by atoms with van der Waals surface area (Å²) in [5, 5.41) is 6.91. The largest absolute Gasteiger partial charge is 0.573 e. The summed E-state index contributed by atoms with van der Waals surface area (Å²) in [5.41, 5.74) is 1.24. The molecule has 1 aromatic carbocycles. The number of benzene rings is 1. The van der Waals surface area contributed by atoms with Crippen LogP contribution in [0.25, 0.3) is 11.3 Å². The van der Waals surface area contributed by atoms with Gasteiger partial charge in [0.1, 0.15) is 23.0 Å². The van der Waals surface area contributed by atoms with Crippen molar-refractivity contribution in [1.82, 2.24) is 15.0 Å². The fraction of sp³-hybridized carbons (Fsp3) is 0.448. The molecule has 42 heavy (non-hydrogen) atoms. The number of aromatic nitrogens is 2. The number of rotatable bonds is 10. The number of ether oxygens (including phenoxy) is 3. The lowest BCUT2D eigenvalue weighted by molar-refractivity contribution is -0.274. The van der Waals surface area contributed by atoms with Gasteiger partial charge in [0.15, 0.2) is 0 Å². The minimum atomic E-state index is -4.86. The summed E-state index contributed by atoms with van der Waals surface area (Å²) < 4.78 is 59.8. The number of esters is 1. The minimum absolute atomic E-state index is 0.00693. The molecule has 1 saturated heterocycles. The molecule has 0 bridgehead atoms. The summed E-state index contributed by atoms with van der Waals surface area (Å²) >= 11 is 0. The summed E-state index contributed by atoms with van der Waals surface area (Å²) in [5.74, 6) is 0.120. The predicted molar refractivity (Wildman–Crippen MR) is 144 cm³/mol. The van der Waals surface area contributed by atoms with Crippen LogP contribution in [0, 0.1) is 0 Å². The number of nitrogens with one attached hydrogen (secondary N) is 1. The Morgan fingerprint density at radius 2 is 1.86 bits per heavy atom. The highest BCUT2D eigenvalue weighted by Crippen LogP contribution is 2.45. The number of halogens is 3. The van der Waals surface area contributed by atoms with Crippen molar-refractivity contribution in [3.8, 4) is 17.0 Å². The highest BCUT2D eigenvalue weighted by Gasteiger charge is 2.38. The van der Waals surface area contributed by atoms with E-state index in [1.807, 2.05) is 6.92 Å². The number of pyridine rings is 1. The average Bonchev–Trinajstić information content (AvgIpc) is 3.59. The number of hydrogen-bond donors (Lipinski definition) is 1. The first-order valence-electron chi connectivity index (χ1n) is 13.7. The van der Waals surface area contributed by atoms with E-state index < -0.39 is 12.3 Å². The minimum Gasteiger partial charge on any atom is -0.465 e. The summed E-state index contributed by atoms with van der Waals surface area (Å²) in [4.78, 5) is 30.9. The third-order valence-corrected chi connectivity index (χ3v) is 7.44. The van der Waals surface area contributed by atoms with Gasteiger partial charge in [0.05, 0.1) is 31.9 Å². The summed E-state index contributed by atoms with van der Waals surface area (Å²) in [6.07, 6.45) is 0.509. The molecule has 2 fully saturated rings. The van der Waals surface area contributed by atoms with Gasteiger partial charge in [0, 0.05) is 29.3 Å². The third kappa shape index (κ3) is 6.67. The van der Waals surface area contributed by atoms with Crippen molar-refractivity contribution in [2.75, 3.05) is 19.0 Å². The molecule has 10 nitrogen and oxygen atoms in total. The second kappa shape index (κ2) is 12.4. The van der Waals surface area contributed by atoms with E-state index in [0.29, 0.717) is 11.3 Å². The van der Waals surface area contributed by atoms with E-state index in [2.05, 4.69) is 24.9 Å². The number of hydrogen-bond acceptors (Lipinski definition) is 8. The molecule has 1 aliphatic heterocycles. The molecule has 3 heterocycles. The molecular weight excluding hydrogens is 557 g/mol. The number of anilines is 1. The number of methoxy groups -OCH3 is 1. The Morgan fingerprint density at radius 1 is 1.10 bits per heavy atom. The van der Waals surface area contributed by atoms with E-state index in [-0.39, 0.29) is 65.6 Å². The Labute approximate surface area is 240 Å². The van der Waals surface area contributed by atoms with Crippen LogP contribution in [-0.4, -0.2) is 59.2 Å². The van der Waals surface area contributed by atoms with Gasteiger partial charge in [-0.15, -0.1) is 13.2 Å². The fourth-order valence-corrected chi connectivity index (χ4v) is 5.25. The van der Waals surface area contributed by atoms with Crippen molar-refractivity contribution in [2.24, 2.45) is 0 Å². The molecule has 0 radical (unpaired) electrons. The number of carbonyl (C=O) groups excluding carboxylic acids is 2. The lowest BCUT2D eigenvalue weighted by atomic mass is 10.0. The lowest BCUT2D eigenvalue weighted by Gasteiger charge is -2.30. The van der Waals surface area contributed by atoms with Crippen LogP contribution in [0.4, 0.5) is 23.8 Å². The summed E-state index contributed by atoms with van der Waals surface area (Å²) in [6.45, 7) is 2.25. The molecule has 2 aliphatic rings. The Bertz CT molecular complexity index is 1410. The number of nitrogens with zero attached hydrogens (tertiary/aromatic N) is 3. The first kappa shape index (κ1) is 29.4. The lowest BCUT2D eigenvalue weighted by Crippen LogP contribution is -2.45. The SMILES string of the molecule is CCC1CCC(COCc2c(-c3ccccc3OC(F)(F)F)noc2C2CC2)N1C(=O)Nc1ccc(C(=O)OC)cn1. The smallest absolute Gasteiger partial charge is 0.465 e. The Balaban J connectivity index is 1.29. The number of alkyl halides is 3. The van der Waals surface area contributed by atoms with E-state index in [9.17, 15) is 22.8 Å². The second-order valence-corrected chi connectivity index (χ2v) is 10.3. The maximum atomic E-state index is 13.3. The molecule has 5 rings (SSSR count). The van der Waals surface area contributed by atoms with Crippen LogP contribution in [0.5, 0.6) is 5.75 Å². The van der Waals surface area contributed by atoms with Gasteiger partial charge in [-0.2, -0.15) is 0 Å². The topological polar surface area (TPSA) is 116 Å². The third-order valence-electron chi connectivity index (χ3n) is 7.44. The van der Waals surface area contributed by atoms with E-state index >= 15 is 0 Å². The van der Waals surface area contributed by atoms with Crippen LogP contribution in [0.15, 0.2) is 47.1 Å². The molecule has 2 atom stereocenters. The molecule has 1 aliphatic carbocycles. The van der Waals surface area contributed by atoms with Crippen LogP contribution < -0.4 is 10.1 Å². The maximum absolute atomic E-state index is 13.3. The zero-order chi connectivity index (χ0) is 29.9. The van der Waals surface area contributed by atoms with Gasteiger partial charge in [-0.1, -0.05) is 24.2 Å². The van der Waals surface area contributed by atoms with E-state index in [1.165, 1.54) is 43.6 Å². The first-order valence-corrected chi connectivity index (χ1v) is 13.7. The van der Waals surface area contributed by atoms with Gasteiger partial charge in [-0.25, -0.2) is 14.6 Å². The van der Waals surface area contributed by atoms with E-state index in [1.54, 1.807) is 11.0 Å². The normalized spacial score (nSPS) is 18.6. The molecule has 0 spiro atoms. The van der Waals surface area contributed by atoms with Crippen molar-refractivity contribution in [2.45, 2.75) is 70.0 Å². The van der Waals surface area contributed by atoms with Crippen LogP contribution in [-0.2, 0) is 16.1 Å². The number of para-hydroxylation sites is 1. The standard InChI is InChI=1S/C29H31F3N4O6/c1-3-19-11-12-20(36(19)28(38)34-24-13-10-18(14-33-24)27(37)39-2)15-40-16-22-25(35-42-26(22)17-8-9-17)21-6-4-5-7-23(21)41-29(30,31)32/h4-7,10,13-14,17,19-20H,3,8-9,11-12,15-16H2,1-2H3,(H,33,34,38). The van der Waals surface area contributed by atoms with E-state index in [4.69, 9.17) is 9.26 Å². The predicted octanol–water partition coefficient (Wildman–Crippen LogP) is 6.29. The first-order chi connectivity index (χ1) is 20.2. The number of carbonyl (C=O) groups is 2. The molecular formula is C29H31F3N4O6. The van der Waals surface area contributed by atoms with Gasteiger partial charge in [-0.3, -0.25) is 5.32 Å². The van der Waals surface area contributed by atoms with Crippen molar-refractivity contribution < 1.29 is 41.5 Å². The Hall–Kier alpha value is -4.13. The molecule has 224 valence electrons. The Kier molecular flexibility index (Phi) is 8.66. The molecule has 1 N–H and O–H groups in total. The average molecular weight is 589 g/mol. The monoisotopic (exact) mass is 588 g/mol. The van der Waals surface area contributed by atoms with Gasteiger partial charge >= 0.3 is 18.4 Å². The van der Waals surface area contributed by atoms with Crippen LogP contribution >= 0.6 is 0 Å². The number of amides is 2. The van der Waals surface area contributed by atoms with Gasteiger partial charge < -0.3 is 23.6 Å². The van der Waals surface area contributed by atoms with Crippen molar-refractivity contribution in [3.63, 3.8) is 0 Å². The van der Waals surface area contributed by atoms with Crippen molar-refractivity contribution in [1.29, 1.82) is 0 Å². The summed E-state index contributed by atoms with van der Waals surface area (Å²) in [6, 6.07) is 8.25. The fourth-order valence-electron chi connectivity index (χ4n) is 5.25. The maximum Gasteiger partial charge on any atom is 0.573 e. The van der Waals surface area contributed by atoms with E-state index in [0.717, 1.165) is 32.1 Å². The van der Waals surface area contributed by atoms with Crippen LogP contribution in [0.3, 0.4) is 0 Å². The molecule has 2 aromatic heterocycles. The summed E-state index contributed by atoms with van der Waals surface area (Å²) in [7, 11) is 1.27. The molecule has 1 saturated carbocycles. The van der Waals surface area contributed by atoms with Crippen LogP contribution in [0.2, 0.25) is 0 Å². The highest BCUT2D eigenvalue weighted by molar-refractivity contribution is 5.91. The number of likely N-dealkylation sites (tertiary alicyclic amines) is 1. The zero-order valence-electron chi connectivity index (χ0n) is 23.1. The van der Waals surface area contributed by atoms with Gasteiger partial charge in [0.2, 0.25) is 0 Å². The molecule has 2 amide bonds. The quantitative estimate of drug-likeness (QED) is 0.275.